The SMILES string of the molecule is C=CC(=O)NCc1ccc(C)nc1-n1cc(Cl)cn1. The number of aromatic nitrogens is 3. The van der Waals surface area contributed by atoms with Crippen molar-refractivity contribution in [3.05, 3.63) is 53.5 Å². The molecule has 2 rings (SSSR count). The monoisotopic (exact) mass is 276 g/mol. The molecule has 19 heavy (non-hydrogen) atoms. The summed E-state index contributed by atoms with van der Waals surface area (Å²) in [5, 5.41) is 7.37. The summed E-state index contributed by atoms with van der Waals surface area (Å²) < 4.78 is 1.59. The molecule has 0 atom stereocenters. The smallest absolute Gasteiger partial charge is 0.243 e. The zero-order chi connectivity index (χ0) is 13.8. The van der Waals surface area contributed by atoms with Crippen molar-refractivity contribution < 1.29 is 4.79 Å². The number of rotatable bonds is 4. The van der Waals surface area contributed by atoms with Crippen LogP contribution in [0.25, 0.3) is 5.82 Å². The Morgan fingerprint density at radius 2 is 2.37 bits per heavy atom. The predicted octanol–water partition coefficient (Wildman–Crippen LogP) is 2.03. The molecule has 0 aliphatic heterocycles. The molecule has 0 aliphatic rings. The molecule has 0 spiro atoms. The fourth-order valence-electron chi connectivity index (χ4n) is 1.58. The van der Waals surface area contributed by atoms with Gasteiger partial charge in [-0.05, 0) is 19.1 Å². The van der Waals surface area contributed by atoms with Crippen LogP contribution in [0.4, 0.5) is 0 Å². The van der Waals surface area contributed by atoms with E-state index in [2.05, 4.69) is 22.0 Å². The fourth-order valence-corrected chi connectivity index (χ4v) is 1.72. The van der Waals surface area contributed by atoms with Crippen LogP contribution in [0.2, 0.25) is 5.02 Å². The Kier molecular flexibility index (Phi) is 3.97. The molecule has 2 aromatic heterocycles. The summed E-state index contributed by atoms with van der Waals surface area (Å²) in [7, 11) is 0. The number of hydrogen-bond acceptors (Lipinski definition) is 3. The van der Waals surface area contributed by atoms with Crippen LogP contribution in [0.1, 0.15) is 11.3 Å². The van der Waals surface area contributed by atoms with Crippen LogP contribution in [0.15, 0.2) is 37.2 Å². The van der Waals surface area contributed by atoms with E-state index in [0.29, 0.717) is 17.4 Å². The second kappa shape index (κ2) is 5.67. The second-order valence-electron chi connectivity index (χ2n) is 3.96. The van der Waals surface area contributed by atoms with Gasteiger partial charge in [-0.15, -0.1) is 0 Å². The minimum atomic E-state index is -0.231. The number of nitrogens with zero attached hydrogens (tertiary/aromatic N) is 3. The van der Waals surface area contributed by atoms with Crippen LogP contribution >= 0.6 is 11.6 Å². The summed E-state index contributed by atoms with van der Waals surface area (Å²) in [6.45, 7) is 5.65. The second-order valence-corrected chi connectivity index (χ2v) is 4.40. The maximum atomic E-state index is 11.2. The number of carbonyl (C=O) groups is 1. The minimum absolute atomic E-state index is 0.231. The normalized spacial score (nSPS) is 10.2. The Balaban J connectivity index is 2.33. The highest BCUT2D eigenvalue weighted by Crippen LogP contribution is 2.15. The summed E-state index contributed by atoms with van der Waals surface area (Å²) in [6.07, 6.45) is 4.44. The van der Waals surface area contributed by atoms with Crippen LogP contribution in [0.3, 0.4) is 0 Å². The third-order valence-corrected chi connectivity index (χ3v) is 2.70. The molecule has 0 saturated heterocycles. The van der Waals surface area contributed by atoms with Gasteiger partial charge in [0.25, 0.3) is 0 Å². The van der Waals surface area contributed by atoms with Gasteiger partial charge in [0.2, 0.25) is 5.91 Å². The van der Waals surface area contributed by atoms with E-state index >= 15 is 0 Å². The molecule has 1 amide bonds. The van der Waals surface area contributed by atoms with Gasteiger partial charge in [0.1, 0.15) is 0 Å². The van der Waals surface area contributed by atoms with Gasteiger partial charge >= 0.3 is 0 Å². The van der Waals surface area contributed by atoms with Crippen molar-refractivity contribution in [2.45, 2.75) is 13.5 Å². The average molecular weight is 277 g/mol. The maximum absolute atomic E-state index is 11.2. The molecule has 5 nitrogen and oxygen atoms in total. The number of pyridine rings is 1. The number of aryl methyl sites for hydroxylation is 1. The molecule has 6 heteroatoms. The first-order chi connectivity index (χ1) is 9.10. The average Bonchev–Trinajstić information content (AvgIpc) is 2.83. The number of carbonyl (C=O) groups excluding carboxylic acids is 1. The zero-order valence-corrected chi connectivity index (χ0v) is 11.2. The Hall–Kier alpha value is -2.14. The van der Waals surface area contributed by atoms with E-state index in [1.54, 1.807) is 10.9 Å². The summed E-state index contributed by atoms with van der Waals surface area (Å²) in [6, 6.07) is 3.78. The van der Waals surface area contributed by atoms with Gasteiger partial charge in [-0.2, -0.15) is 5.10 Å². The molecule has 2 aromatic rings. The highest BCUT2D eigenvalue weighted by atomic mass is 35.5. The van der Waals surface area contributed by atoms with Gasteiger partial charge in [0, 0.05) is 17.8 Å². The van der Waals surface area contributed by atoms with Gasteiger partial charge in [-0.1, -0.05) is 24.2 Å². The lowest BCUT2D eigenvalue weighted by atomic mass is 10.2. The fraction of sp³-hybridized carbons (Fsp3) is 0.154. The third-order valence-electron chi connectivity index (χ3n) is 2.50. The van der Waals surface area contributed by atoms with Crippen molar-refractivity contribution in [1.29, 1.82) is 0 Å². The van der Waals surface area contributed by atoms with E-state index in [-0.39, 0.29) is 5.91 Å². The molecule has 0 saturated carbocycles. The molecule has 2 heterocycles. The molecule has 0 fully saturated rings. The van der Waals surface area contributed by atoms with E-state index in [1.165, 1.54) is 12.3 Å². The van der Waals surface area contributed by atoms with E-state index in [9.17, 15) is 4.79 Å². The van der Waals surface area contributed by atoms with Crippen LogP contribution < -0.4 is 5.32 Å². The summed E-state index contributed by atoms with van der Waals surface area (Å²) >= 11 is 5.86. The number of nitrogens with one attached hydrogen (secondary N) is 1. The Morgan fingerprint density at radius 3 is 3.00 bits per heavy atom. The lowest BCUT2D eigenvalue weighted by molar-refractivity contribution is -0.116. The predicted molar refractivity (Wildman–Crippen MR) is 73.1 cm³/mol. The van der Waals surface area contributed by atoms with Crippen molar-refractivity contribution in [2.75, 3.05) is 0 Å². The highest BCUT2D eigenvalue weighted by molar-refractivity contribution is 6.30. The van der Waals surface area contributed by atoms with Gasteiger partial charge in [0.15, 0.2) is 5.82 Å². The number of amides is 1. The van der Waals surface area contributed by atoms with E-state index in [1.807, 2.05) is 19.1 Å². The van der Waals surface area contributed by atoms with Gasteiger partial charge in [-0.3, -0.25) is 4.79 Å². The summed E-state index contributed by atoms with van der Waals surface area (Å²) in [5.41, 5.74) is 1.71. The van der Waals surface area contributed by atoms with Crippen molar-refractivity contribution in [1.82, 2.24) is 20.1 Å². The van der Waals surface area contributed by atoms with Gasteiger partial charge < -0.3 is 5.32 Å². The molecule has 0 unspecified atom stereocenters. The lowest BCUT2D eigenvalue weighted by Crippen LogP contribution is -2.21. The molecule has 1 N–H and O–H groups in total. The van der Waals surface area contributed by atoms with Crippen LogP contribution in [0, 0.1) is 6.92 Å². The van der Waals surface area contributed by atoms with Crippen molar-refractivity contribution in [3.8, 4) is 5.82 Å². The van der Waals surface area contributed by atoms with Crippen molar-refractivity contribution >= 4 is 17.5 Å². The summed E-state index contributed by atoms with van der Waals surface area (Å²) in [5.74, 6) is 0.418. The molecular weight excluding hydrogens is 264 g/mol. The molecule has 0 radical (unpaired) electrons. The van der Waals surface area contributed by atoms with Crippen LogP contribution in [0.5, 0.6) is 0 Å². The Bertz CT molecular complexity index is 621. The Morgan fingerprint density at radius 1 is 1.58 bits per heavy atom. The van der Waals surface area contributed by atoms with Crippen LogP contribution in [-0.2, 0) is 11.3 Å². The van der Waals surface area contributed by atoms with Gasteiger partial charge in [-0.25, -0.2) is 9.67 Å². The van der Waals surface area contributed by atoms with Gasteiger partial charge in [0.05, 0.1) is 17.4 Å². The topological polar surface area (TPSA) is 59.8 Å². The largest absolute Gasteiger partial charge is 0.348 e. The molecular formula is C13H13ClN4O. The first-order valence-corrected chi connectivity index (χ1v) is 6.05. The van der Waals surface area contributed by atoms with E-state index < -0.39 is 0 Å². The highest BCUT2D eigenvalue weighted by Gasteiger charge is 2.09. The van der Waals surface area contributed by atoms with Crippen molar-refractivity contribution in [2.24, 2.45) is 0 Å². The zero-order valence-electron chi connectivity index (χ0n) is 10.4. The maximum Gasteiger partial charge on any atom is 0.243 e. The third kappa shape index (κ3) is 3.20. The first-order valence-electron chi connectivity index (χ1n) is 5.67. The number of halogens is 1. The first kappa shape index (κ1) is 13.3. The molecule has 0 aromatic carbocycles. The lowest BCUT2D eigenvalue weighted by Gasteiger charge is -2.10. The van der Waals surface area contributed by atoms with E-state index in [4.69, 9.17) is 11.6 Å². The summed E-state index contributed by atoms with van der Waals surface area (Å²) in [4.78, 5) is 15.6. The standard InChI is InChI=1S/C13H13ClN4O/c1-3-12(19)15-6-10-5-4-9(2)17-13(10)18-8-11(14)7-16-18/h3-5,7-8H,1,6H2,2H3,(H,15,19). The van der Waals surface area contributed by atoms with Crippen LogP contribution in [-0.4, -0.2) is 20.7 Å². The van der Waals surface area contributed by atoms with E-state index in [0.717, 1.165) is 11.3 Å². The van der Waals surface area contributed by atoms with Crippen molar-refractivity contribution in [3.63, 3.8) is 0 Å². The molecule has 98 valence electrons. The Labute approximate surface area is 115 Å². The number of hydrogen-bond donors (Lipinski definition) is 1. The minimum Gasteiger partial charge on any atom is -0.348 e. The molecule has 0 aliphatic carbocycles. The quantitative estimate of drug-likeness (QED) is 0.869. The molecule has 0 bridgehead atoms.